The Kier molecular flexibility index (Phi) is 4.27. The largest absolute Gasteiger partial charge is 0.383 e. The normalized spacial score (nSPS) is 9.82. The van der Waals surface area contributed by atoms with E-state index in [1.807, 2.05) is 32.8 Å². The van der Waals surface area contributed by atoms with Gasteiger partial charge < -0.3 is 4.90 Å². The lowest BCUT2D eigenvalue weighted by Crippen LogP contribution is -2.01. The van der Waals surface area contributed by atoms with Crippen molar-refractivity contribution >= 4 is 5.78 Å². The molecular weight excluding hydrogens is 138 g/mol. The molecule has 0 spiro atoms. The lowest BCUT2D eigenvalue weighted by molar-refractivity contribution is -0.110. The Hall–Kier alpha value is -1.05. The van der Waals surface area contributed by atoms with Gasteiger partial charge in [0.15, 0.2) is 5.78 Å². The van der Waals surface area contributed by atoms with Crippen LogP contribution in [0.5, 0.6) is 0 Å². The van der Waals surface area contributed by atoms with Gasteiger partial charge in [0.05, 0.1) is 0 Å². The standard InChI is InChI=1S/C9H15NO/c1-8(2)7-9(11)5-6-10(3)4/h5-7H,1-4H3/b6-5+. The van der Waals surface area contributed by atoms with E-state index < -0.39 is 0 Å². The second-order valence-corrected chi connectivity index (χ2v) is 2.90. The fourth-order valence-electron chi connectivity index (χ4n) is 0.555. The van der Waals surface area contributed by atoms with Crippen molar-refractivity contribution in [3.8, 4) is 0 Å². The Morgan fingerprint density at radius 1 is 1.27 bits per heavy atom. The van der Waals surface area contributed by atoms with Crippen LogP contribution in [0.2, 0.25) is 0 Å². The van der Waals surface area contributed by atoms with Crippen LogP contribution in [0.25, 0.3) is 0 Å². The average molecular weight is 153 g/mol. The molecule has 62 valence electrons. The molecule has 0 aromatic rings. The summed E-state index contributed by atoms with van der Waals surface area (Å²) in [4.78, 5) is 12.8. The molecule has 0 aliphatic heterocycles. The van der Waals surface area contributed by atoms with E-state index in [1.165, 1.54) is 0 Å². The van der Waals surface area contributed by atoms with Gasteiger partial charge in [-0.1, -0.05) is 5.57 Å². The number of allylic oxidation sites excluding steroid dienone is 3. The molecule has 0 bridgehead atoms. The van der Waals surface area contributed by atoms with E-state index in [4.69, 9.17) is 0 Å². The smallest absolute Gasteiger partial charge is 0.180 e. The summed E-state index contributed by atoms with van der Waals surface area (Å²) >= 11 is 0. The Labute approximate surface area is 68.2 Å². The quantitative estimate of drug-likeness (QED) is 0.574. The highest BCUT2D eigenvalue weighted by Gasteiger charge is 1.88. The molecule has 0 fully saturated rings. The van der Waals surface area contributed by atoms with Gasteiger partial charge in [0.1, 0.15) is 0 Å². The van der Waals surface area contributed by atoms with Crippen molar-refractivity contribution in [3.05, 3.63) is 23.9 Å². The number of ketones is 1. The van der Waals surface area contributed by atoms with Gasteiger partial charge >= 0.3 is 0 Å². The monoisotopic (exact) mass is 153 g/mol. The van der Waals surface area contributed by atoms with Gasteiger partial charge in [-0.2, -0.15) is 0 Å². The van der Waals surface area contributed by atoms with Gasteiger partial charge in [-0.3, -0.25) is 4.79 Å². The number of carbonyl (C=O) groups excluding carboxylic acids is 1. The minimum absolute atomic E-state index is 0.0405. The second-order valence-electron chi connectivity index (χ2n) is 2.90. The van der Waals surface area contributed by atoms with Crippen LogP contribution in [0, 0.1) is 0 Å². The maximum Gasteiger partial charge on any atom is 0.180 e. The van der Waals surface area contributed by atoms with E-state index in [0.29, 0.717) is 0 Å². The molecule has 11 heavy (non-hydrogen) atoms. The van der Waals surface area contributed by atoms with Crippen molar-refractivity contribution in [2.24, 2.45) is 0 Å². The van der Waals surface area contributed by atoms with Crippen molar-refractivity contribution in [2.75, 3.05) is 14.1 Å². The predicted molar refractivity (Wildman–Crippen MR) is 47.3 cm³/mol. The zero-order chi connectivity index (χ0) is 8.85. The van der Waals surface area contributed by atoms with E-state index in [9.17, 15) is 4.79 Å². The van der Waals surface area contributed by atoms with E-state index in [0.717, 1.165) is 5.57 Å². The molecule has 2 nitrogen and oxygen atoms in total. The summed E-state index contributed by atoms with van der Waals surface area (Å²) in [6.07, 6.45) is 4.90. The average Bonchev–Trinajstić information content (AvgIpc) is 1.82. The van der Waals surface area contributed by atoms with E-state index in [2.05, 4.69) is 0 Å². The van der Waals surface area contributed by atoms with Crippen molar-refractivity contribution in [3.63, 3.8) is 0 Å². The number of carbonyl (C=O) groups is 1. The van der Waals surface area contributed by atoms with Crippen molar-refractivity contribution in [1.82, 2.24) is 4.90 Å². The third-order valence-electron chi connectivity index (χ3n) is 0.968. The maximum atomic E-state index is 11.0. The molecule has 0 N–H and O–H groups in total. The van der Waals surface area contributed by atoms with Crippen LogP contribution in [0.3, 0.4) is 0 Å². The summed E-state index contributed by atoms with van der Waals surface area (Å²) in [5.74, 6) is 0.0405. The third-order valence-corrected chi connectivity index (χ3v) is 0.968. The zero-order valence-electron chi connectivity index (χ0n) is 7.59. The lowest BCUT2D eigenvalue weighted by Gasteiger charge is -2.01. The molecule has 0 heterocycles. The van der Waals surface area contributed by atoms with E-state index in [-0.39, 0.29) is 5.78 Å². The van der Waals surface area contributed by atoms with Crippen LogP contribution in [0.1, 0.15) is 13.8 Å². The zero-order valence-corrected chi connectivity index (χ0v) is 7.59. The summed E-state index contributed by atoms with van der Waals surface area (Å²) in [5, 5.41) is 0. The molecule has 0 amide bonds. The predicted octanol–water partition coefficient (Wildman–Crippen LogP) is 1.60. The van der Waals surface area contributed by atoms with Crippen LogP contribution in [0.4, 0.5) is 0 Å². The molecule has 0 saturated heterocycles. The van der Waals surface area contributed by atoms with Crippen molar-refractivity contribution in [1.29, 1.82) is 0 Å². The molecule has 0 aromatic carbocycles. The Morgan fingerprint density at radius 3 is 2.18 bits per heavy atom. The Balaban J connectivity index is 3.99. The summed E-state index contributed by atoms with van der Waals surface area (Å²) in [6.45, 7) is 3.81. The van der Waals surface area contributed by atoms with Crippen LogP contribution < -0.4 is 0 Å². The number of rotatable bonds is 3. The summed E-state index contributed by atoms with van der Waals surface area (Å²) in [5.41, 5.74) is 1.03. The highest BCUT2D eigenvalue weighted by Crippen LogP contribution is 1.90. The fourth-order valence-corrected chi connectivity index (χ4v) is 0.555. The summed E-state index contributed by atoms with van der Waals surface area (Å²) < 4.78 is 0. The third kappa shape index (κ3) is 6.84. The Bertz CT molecular complexity index is 186. The minimum Gasteiger partial charge on any atom is -0.383 e. The Morgan fingerprint density at radius 2 is 1.82 bits per heavy atom. The van der Waals surface area contributed by atoms with Crippen molar-refractivity contribution < 1.29 is 4.79 Å². The first-order valence-corrected chi connectivity index (χ1v) is 3.56. The highest BCUT2D eigenvalue weighted by atomic mass is 16.1. The number of nitrogens with zero attached hydrogens (tertiary/aromatic N) is 1. The lowest BCUT2D eigenvalue weighted by atomic mass is 10.2. The van der Waals surface area contributed by atoms with Gasteiger partial charge in [-0.25, -0.2) is 0 Å². The maximum absolute atomic E-state index is 11.0. The highest BCUT2D eigenvalue weighted by molar-refractivity contribution is 5.99. The topological polar surface area (TPSA) is 20.3 Å². The van der Waals surface area contributed by atoms with Crippen LogP contribution in [0.15, 0.2) is 23.9 Å². The van der Waals surface area contributed by atoms with E-state index in [1.54, 1.807) is 18.4 Å². The van der Waals surface area contributed by atoms with E-state index >= 15 is 0 Å². The fraction of sp³-hybridized carbons (Fsp3) is 0.444. The minimum atomic E-state index is 0.0405. The van der Waals surface area contributed by atoms with Gasteiger partial charge in [-0.05, 0) is 19.9 Å². The molecule has 0 saturated carbocycles. The molecular formula is C9H15NO. The van der Waals surface area contributed by atoms with Crippen LogP contribution in [-0.2, 0) is 4.79 Å². The molecule has 0 aromatic heterocycles. The SMILES string of the molecule is CC(C)=CC(=O)/C=C/N(C)C. The van der Waals surface area contributed by atoms with Gasteiger partial charge in [0.25, 0.3) is 0 Å². The summed E-state index contributed by atoms with van der Waals surface area (Å²) in [6, 6.07) is 0. The first kappa shape index (κ1) is 9.95. The second kappa shape index (κ2) is 4.72. The van der Waals surface area contributed by atoms with Gasteiger partial charge in [0, 0.05) is 26.4 Å². The van der Waals surface area contributed by atoms with Crippen molar-refractivity contribution in [2.45, 2.75) is 13.8 Å². The molecule has 0 aliphatic carbocycles. The molecule has 0 aliphatic rings. The summed E-state index contributed by atoms with van der Waals surface area (Å²) in [7, 11) is 3.76. The first-order chi connectivity index (χ1) is 5.02. The molecule has 0 atom stereocenters. The molecule has 0 radical (unpaired) electrons. The van der Waals surface area contributed by atoms with Crippen LogP contribution >= 0.6 is 0 Å². The molecule has 0 unspecified atom stereocenters. The number of hydrogen-bond donors (Lipinski definition) is 0. The van der Waals surface area contributed by atoms with Gasteiger partial charge in [-0.15, -0.1) is 0 Å². The molecule has 2 heteroatoms. The first-order valence-electron chi connectivity index (χ1n) is 3.56. The number of hydrogen-bond acceptors (Lipinski definition) is 2. The molecule has 0 rings (SSSR count). The van der Waals surface area contributed by atoms with Crippen LogP contribution in [-0.4, -0.2) is 24.8 Å². The van der Waals surface area contributed by atoms with Gasteiger partial charge in [0.2, 0.25) is 0 Å².